The summed E-state index contributed by atoms with van der Waals surface area (Å²) in [5.41, 5.74) is 2.07. The van der Waals surface area contributed by atoms with E-state index in [0.29, 0.717) is 0 Å². The summed E-state index contributed by atoms with van der Waals surface area (Å²) in [6.07, 6.45) is 3.35. The number of nitrogens with one attached hydrogen (secondary N) is 1. The highest BCUT2D eigenvalue weighted by atomic mass is 15.3. The van der Waals surface area contributed by atoms with Crippen molar-refractivity contribution in [3.63, 3.8) is 0 Å². The minimum Gasteiger partial charge on any atom is -0.317 e. The van der Waals surface area contributed by atoms with E-state index >= 15 is 0 Å². The molecule has 3 heterocycles. The normalized spacial score (nSPS) is 18.9. The van der Waals surface area contributed by atoms with Gasteiger partial charge >= 0.3 is 0 Å². The maximum atomic E-state index is 4.56. The minimum atomic E-state index is 0.145. The number of aryl methyl sites for hydroxylation is 2. The summed E-state index contributed by atoms with van der Waals surface area (Å²) in [4.78, 5) is 4.56. The molecule has 5 heteroatoms. The van der Waals surface area contributed by atoms with Gasteiger partial charge in [-0.05, 0) is 46.2 Å². The van der Waals surface area contributed by atoms with Crippen LogP contribution in [0.4, 0.5) is 0 Å². The predicted molar refractivity (Wildman–Crippen MR) is 74.3 cm³/mol. The summed E-state index contributed by atoms with van der Waals surface area (Å²) in [6, 6.07) is 2.01. The van der Waals surface area contributed by atoms with Crippen LogP contribution in [0, 0.1) is 13.8 Å². The van der Waals surface area contributed by atoms with Gasteiger partial charge in [0.05, 0.1) is 0 Å². The van der Waals surface area contributed by atoms with Crippen LogP contribution < -0.4 is 5.32 Å². The average molecular weight is 259 g/mol. The van der Waals surface area contributed by atoms with Crippen molar-refractivity contribution < 1.29 is 0 Å². The highest BCUT2D eigenvalue weighted by Crippen LogP contribution is 2.35. The van der Waals surface area contributed by atoms with Gasteiger partial charge in [0.1, 0.15) is 11.6 Å². The minimum absolute atomic E-state index is 0.145. The van der Waals surface area contributed by atoms with Gasteiger partial charge in [-0.25, -0.2) is 4.98 Å². The molecule has 1 saturated heterocycles. The van der Waals surface area contributed by atoms with Crippen LogP contribution in [0.15, 0.2) is 6.07 Å². The third kappa shape index (κ3) is 1.92. The van der Waals surface area contributed by atoms with E-state index in [1.807, 2.05) is 19.9 Å². The van der Waals surface area contributed by atoms with Crippen LogP contribution in [0.1, 0.15) is 43.5 Å². The second-order valence-corrected chi connectivity index (χ2v) is 5.55. The van der Waals surface area contributed by atoms with E-state index in [1.54, 1.807) is 0 Å². The molecule has 0 amide bonds. The van der Waals surface area contributed by atoms with E-state index in [9.17, 15) is 0 Å². The lowest BCUT2D eigenvalue weighted by molar-refractivity contribution is 0.279. The lowest BCUT2D eigenvalue weighted by Crippen LogP contribution is -2.41. The fourth-order valence-electron chi connectivity index (χ4n) is 3.22. The Morgan fingerprint density at radius 2 is 2.00 bits per heavy atom. The molecular weight excluding hydrogens is 238 g/mol. The number of fused-ring (bicyclic) bond motifs is 1. The second kappa shape index (κ2) is 4.56. The summed E-state index contributed by atoms with van der Waals surface area (Å²) >= 11 is 0. The lowest BCUT2D eigenvalue weighted by atomic mass is 9.76. The molecule has 0 bridgehead atoms. The molecule has 1 fully saturated rings. The first-order chi connectivity index (χ1) is 9.16. The van der Waals surface area contributed by atoms with Gasteiger partial charge < -0.3 is 5.32 Å². The van der Waals surface area contributed by atoms with Crippen LogP contribution in [0.3, 0.4) is 0 Å². The molecule has 0 unspecified atom stereocenters. The molecule has 3 rings (SSSR count). The fraction of sp³-hybridized carbons (Fsp3) is 0.643. The molecule has 0 saturated carbocycles. The van der Waals surface area contributed by atoms with Gasteiger partial charge in [0.15, 0.2) is 5.65 Å². The van der Waals surface area contributed by atoms with Gasteiger partial charge in [0.25, 0.3) is 0 Å². The Morgan fingerprint density at radius 1 is 1.26 bits per heavy atom. The maximum absolute atomic E-state index is 4.56. The Bertz CT molecular complexity index is 595. The van der Waals surface area contributed by atoms with Crippen LogP contribution in [-0.2, 0) is 5.41 Å². The Kier molecular flexibility index (Phi) is 3.01. The Morgan fingerprint density at radius 3 is 2.68 bits per heavy atom. The molecule has 2 aromatic heterocycles. The second-order valence-electron chi connectivity index (χ2n) is 5.55. The SMILES string of the molecule is CCC1(c2nnc3cc(C)nc(C)n23)CCNCC1. The molecule has 0 aliphatic carbocycles. The summed E-state index contributed by atoms with van der Waals surface area (Å²) in [7, 11) is 0. The van der Waals surface area contributed by atoms with Crippen LogP contribution in [0.25, 0.3) is 5.65 Å². The van der Waals surface area contributed by atoms with E-state index in [0.717, 1.165) is 55.3 Å². The zero-order valence-corrected chi connectivity index (χ0v) is 11.9. The van der Waals surface area contributed by atoms with Crippen LogP contribution in [0.5, 0.6) is 0 Å². The van der Waals surface area contributed by atoms with Crippen molar-refractivity contribution in [2.45, 2.75) is 45.4 Å². The third-order valence-corrected chi connectivity index (χ3v) is 4.40. The van der Waals surface area contributed by atoms with Gasteiger partial charge in [-0.15, -0.1) is 10.2 Å². The predicted octanol–water partition coefficient (Wildman–Crippen LogP) is 1.77. The van der Waals surface area contributed by atoms with Gasteiger partial charge in [-0.2, -0.15) is 0 Å². The van der Waals surface area contributed by atoms with Crippen LogP contribution >= 0.6 is 0 Å². The first-order valence-electron chi connectivity index (χ1n) is 7.07. The van der Waals surface area contributed by atoms with Crippen molar-refractivity contribution in [2.75, 3.05) is 13.1 Å². The summed E-state index contributed by atoms with van der Waals surface area (Å²) < 4.78 is 2.14. The molecule has 0 spiro atoms. The molecule has 102 valence electrons. The molecule has 0 aromatic carbocycles. The summed E-state index contributed by atoms with van der Waals surface area (Å²) in [6.45, 7) is 8.41. The number of aromatic nitrogens is 4. The Balaban J connectivity index is 2.19. The first kappa shape index (κ1) is 12.5. The Hall–Kier alpha value is -1.49. The standard InChI is InChI=1S/C14H21N5/c1-4-14(5-7-15-8-6-14)13-18-17-12-9-10(2)16-11(3)19(12)13/h9,15H,4-8H2,1-3H3. The number of nitrogens with zero attached hydrogens (tertiary/aromatic N) is 4. The van der Waals surface area contributed by atoms with Crippen molar-refractivity contribution in [1.29, 1.82) is 0 Å². The molecule has 2 aromatic rings. The molecule has 1 N–H and O–H groups in total. The van der Waals surface area contributed by atoms with Crippen molar-refractivity contribution in [3.8, 4) is 0 Å². The number of piperidine rings is 1. The van der Waals surface area contributed by atoms with Crippen molar-refractivity contribution >= 4 is 5.65 Å². The molecule has 5 nitrogen and oxygen atoms in total. The molecule has 19 heavy (non-hydrogen) atoms. The highest BCUT2D eigenvalue weighted by Gasteiger charge is 2.36. The van der Waals surface area contributed by atoms with E-state index in [4.69, 9.17) is 0 Å². The van der Waals surface area contributed by atoms with E-state index in [1.165, 1.54) is 0 Å². The number of hydrogen-bond acceptors (Lipinski definition) is 4. The van der Waals surface area contributed by atoms with Gasteiger partial charge in [0.2, 0.25) is 0 Å². The van der Waals surface area contributed by atoms with Crippen molar-refractivity contribution in [1.82, 2.24) is 24.9 Å². The fourth-order valence-corrected chi connectivity index (χ4v) is 3.22. The lowest BCUT2D eigenvalue weighted by Gasteiger charge is -2.35. The van der Waals surface area contributed by atoms with Gasteiger partial charge in [-0.3, -0.25) is 4.40 Å². The summed E-state index contributed by atoms with van der Waals surface area (Å²) in [5, 5.41) is 12.3. The first-order valence-corrected chi connectivity index (χ1v) is 7.07. The smallest absolute Gasteiger partial charge is 0.164 e. The highest BCUT2D eigenvalue weighted by molar-refractivity contribution is 5.41. The topological polar surface area (TPSA) is 55.1 Å². The third-order valence-electron chi connectivity index (χ3n) is 4.40. The monoisotopic (exact) mass is 259 g/mol. The van der Waals surface area contributed by atoms with E-state index < -0.39 is 0 Å². The molecule has 0 atom stereocenters. The molecule has 1 aliphatic rings. The zero-order valence-electron chi connectivity index (χ0n) is 11.9. The zero-order chi connectivity index (χ0) is 13.5. The summed E-state index contributed by atoms with van der Waals surface area (Å²) in [5.74, 6) is 2.08. The maximum Gasteiger partial charge on any atom is 0.164 e. The van der Waals surface area contributed by atoms with Gasteiger partial charge in [-0.1, -0.05) is 6.92 Å². The van der Waals surface area contributed by atoms with Crippen LogP contribution in [0.2, 0.25) is 0 Å². The average Bonchev–Trinajstić information content (AvgIpc) is 2.84. The Labute approximate surface area is 113 Å². The van der Waals surface area contributed by atoms with E-state index in [2.05, 4.69) is 31.8 Å². The van der Waals surface area contributed by atoms with Crippen LogP contribution in [-0.4, -0.2) is 32.7 Å². The molecular formula is C14H21N5. The van der Waals surface area contributed by atoms with Crippen molar-refractivity contribution in [2.24, 2.45) is 0 Å². The number of hydrogen-bond donors (Lipinski definition) is 1. The number of rotatable bonds is 2. The quantitative estimate of drug-likeness (QED) is 0.893. The molecule has 0 radical (unpaired) electrons. The van der Waals surface area contributed by atoms with E-state index in [-0.39, 0.29) is 5.41 Å². The molecule has 1 aliphatic heterocycles. The van der Waals surface area contributed by atoms with Crippen molar-refractivity contribution in [3.05, 3.63) is 23.4 Å². The van der Waals surface area contributed by atoms with Gasteiger partial charge in [0, 0.05) is 17.2 Å². The largest absolute Gasteiger partial charge is 0.317 e.